The molecule has 0 spiro atoms. The Labute approximate surface area is 118 Å². The van der Waals surface area contributed by atoms with E-state index in [1.165, 1.54) is 16.7 Å². The van der Waals surface area contributed by atoms with Crippen LogP contribution in [0.25, 0.3) is 0 Å². The van der Waals surface area contributed by atoms with Gasteiger partial charge in [0.1, 0.15) is 5.76 Å². The van der Waals surface area contributed by atoms with Crippen LogP contribution in [0.5, 0.6) is 0 Å². The van der Waals surface area contributed by atoms with Gasteiger partial charge >= 0.3 is 5.97 Å². The van der Waals surface area contributed by atoms with Crippen molar-refractivity contribution in [2.45, 2.75) is 6.54 Å². The van der Waals surface area contributed by atoms with E-state index in [0.717, 1.165) is 4.47 Å². The van der Waals surface area contributed by atoms with Crippen molar-refractivity contribution in [3.05, 3.63) is 55.2 Å². The van der Waals surface area contributed by atoms with Crippen LogP contribution in [0.3, 0.4) is 0 Å². The standard InChI is InChI=1S/C11H7Br2NO4/c12-6-3-8(13)10(15)14(4-6)5-7-1-2-9(18-7)11(16)17/h1-4H,5H2,(H,16,17). The second kappa shape index (κ2) is 5.11. The third-order valence-corrected chi connectivity index (χ3v) is 3.21. The van der Waals surface area contributed by atoms with Crippen molar-refractivity contribution in [3.63, 3.8) is 0 Å². The number of carbonyl (C=O) groups is 1. The third kappa shape index (κ3) is 2.73. The van der Waals surface area contributed by atoms with E-state index >= 15 is 0 Å². The zero-order valence-electron chi connectivity index (χ0n) is 8.89. The van der Waals surface area contributed by atoms with Crippen LogP contribution in [0.1, 0.15) is 16.3 Å². The number of rotatable bonds is 3. The Kier molecular flexibility index (Phi) is 3.72. The summed E-state index contributed by atoms with van der Waals surface area (Å²) in [4.78, 5) is 22.5. The molecule has 0 radical (unpaired) electrons. The van der Waals surface area contributed by atoms with E-state index in [-0.39, 0.29) is 17.9 Å². The predicted octanol–water partition coefficient (Wildman–Crippen LogP) is 2.71. The van der Waals surface area contributed by atoms with Crippen molar-refractivity contribution in [1.82, 2.24) is 4.57 Å². The lowest BCUT2D eigenvalue weighted by Crippen LogP contribution is -2.20. The molecule has 94 valence electrons. The normalized spacial score (nSPS) is 10.6. The summed E-state index contributed by atoms with van der Waals surface area (Å²) in [7, 11) is 0. The summed E-state index contributed by atoms with van der Waals surface area (Å²) in [6, 6.07) is 4.53. The molecule has 2 aromatic heterocycles. The van der Waals surface area contributed by atoms with E-state index in [1.807, 2.05) is 0 Å². The van der Waals surface area contributed by atoms with Gasteiger partial charge in [0.2, 0.25) is 5.76 Å². The summed E-state index contributed by atoms with van der Waals surface area (Å²) in [6.07, 6.45) is 1.61. The first-order valence-corrected chi connectivity index (χ1v) is 6.43. The van der Waals surface area contributed by atoms with Crippen LogP contribution in [0.15, 0.2) is 42.6 Å². The molecule has 1 N–H and O–H groups in total. The zero-order chi connectivity index (χ0) is 13.3. The number of nitrogens with zero attached hydrogens (tertiary/aromatic N) is 1. The molecule has 0 unspecified atom stereocenters. The first-order chi connectivity index (χ1) is 8.47. The molecule has 0 aromatic carbocycles. The third-order valence-electron chi connectivity index (χ3n) is 2.21. The maximum atomic E-state index is 11.8. The van der Waals surface area contributed by atoms with Gasteiger partial charge in [-0.2, -0.15) is 0 Å². The van der Waals surface area contributed by atoms with E-state index < -0.39 is 5.97 Å². The van der Waals surface area contributed by atoms with Crippen LogP contribution < -0.4 is 5.56 Å². The first kappa shape index (κ1) is 13.1. The van der Waals surface area contributed by atoms with Gasteiger partial charge in [-0.05, 0) is 50.1 Å². The van der Waals surface area contributed by atoms with Gasteiger partial charge in [0.25, 0.3) is 5.56 Å². The van der Waals surface area contributed by atoms with Gasteiger partial charge in [-0.25, -0.2) is 4.79 Å². The Morgan fingerprint density at radius 2 is 2.11 bits per heavy atom. The summed E-state index contributed by atoms with van der Waals surface area (Å²) in [5.74, 6) is -0.879. The van der Waals surface area contributed by atoms with Crippen LogP contribution in [0, 0.1) is 0 Å². The monoisotopic (exact) mass is 375 g/mol. The highest BCUT2D eigenvalue weighted by Gasteiger charge is 2.10. The number of hydrogen-bond acceptors (Lipinski definition) is 3. The lowest BCUT2D eigenvalue weighted by molar-refractivity contribution is 0.0660. The van der Waals surface area contributed by atoms with Gasteiger partial charge in [0.05, 0.1) is 11.0 Å². The van der Waals surface area contributed by atoms with Crippen molar-refractivity contribution in [3.8, 4) is 0 Å². The molecule has 0 bridgehead atoms. The van der Waals surface area contributed by atoms with E-state index in [4.69, 9.17) is 9.52 Å². The van der Waals surface area contributed by atoms with Crippen LogP contribution in [0.2, 0.25) is 0 Å². The van der Waals surface area contributed by atoms with E-state index in [9.17, 15) is 9.59 Å². The smallest absolute Gasteiger partial charge is 0.371 e. The van der Waals surface area contributed by atoms with Crippen molar-refractivity contribution < 1.29 is 14.3 Å². The number of furan rings is 1. The van der Waals surface area contributed by atoms with Crippen LogP contribution >= 0.6 is 31.9 Å². The second-order valence-electron chi connectivity index (χ2n) is 3.51. The molecule has 0 aliphatic rings. The highest BCUT2D eigenvalue weighted by atomic mass is 79.9. The molecule has 18 heavy (non-hydrogen) atoms. The molecule has 5 nitrogen and oxygen atoms in total. The Morgan fingerprint density at radius 3 is 2.72 bits per heavy atom. The summed E-state index contributed by atoms with van der Waals surface area (Å²) < 4.78 is 7.66. The quantitative estimate of drug-likeness (QED) is 0.893. The minimum atomic E-state index is -1.14. The molecule has 7 heteroatoms. The predicted molar refractivity (Wildman–Crippen MR) is 70.9 cm³/mol. The average Bonchev–Trinajstić information content (AvgIpc) is 2.74. The lowest BCUT2D eigenvalue weighted by atomic mass is 10.4. The fourth-order valence-electron chi connectivity index (χ4n) is 1.43. The first-order valence-electron chi connectivity index (χ1n) is 4.85. The number of halogens is 2. The second-order valence-corrected chi connectivity index (χ2v) is 5.28. The Balaban J connectivity index is 2.34. The highest BCUT2D eigenvalue weighted by Crippen LogP contribution is 2.15. The van der Waals surface area contributed by atoms with Crippen molar-refractivity contribution >= 4 is 37.8 Å². The minimum Gasteiger partial charge on any atom is -0.475 e. The molecule has 0 amide bonds. The van der Waals surface area contributed by atoms with Crippen molar-refractivity contribution in [1.29, 1.82) is 0 Å². The van der Waals surface area contributed by atoms with Gasteiger partial charge < -0.3 is 14.1 Å². The number of aromatic nitrogens is 1. The Morgan fingerprint density at radius 1 is 1.39 bits per heavy atom. The maximum Gasteiger partial charge on any atom is 0.371 e. The van der Waals surface area contributed by atoms with E-state index in [2.05, 4.69) is 31.9 Å². The topological polar surface area (TPSA) is 72.4 Å². The average molecular weight is 377 g/mol. The van der Waals surface area contributed by atoms with Gasteiger partial charge in [-0.1, -0.05) is 0 Å². The SMILES string of the molecule is O=C(O)c1ccc(Cn2cc(Br)cc(Br)c2=O)o1. The molecule has 2 heterocycles. The summed E-state index contributed by atoms with van der Waals surface area (Å²) in [5, 5.41) is 8.73. The highest BCUT2D eigenvalue weighted by molar-refractivity contribution is 9.11. The summed E-state index contributed by atoms with van der Waals surface area (Å²) in [5.41, 5.74) is -0.216. The fraction of sp³-hybridized carbons (Fsp3) is 0.0909. The number of carboxylic acids is 1. The Bertz CT molecular complexity index is 659. The van der Waals surface area contributed by atoms with Crippen LogP contribution in [-0.2, 0) is 6.54 Å². The van der Waals surface area contributed by atoms with E-state index in [0.29, 0.717) is 10.2 Å². The van der Waals surface area contributed by atoms with Gasteiger partial charge in [0.15, 0.2) is 0 Å². The molecule has 0 saturated heterocycles. The molecule has 0 atom stereocenters. The molecule has 0 aliphatic carbocycles. The fourth-order valence-corrected chi connectivity index (χ4v) is 2.69. The number of aromatic carboxylic acids is 1. The molecule has 0 aliphatic heterocycles. The summed E-state index contributed by atoms with van der Waals surface area (Å²) in [6.45, 7) is 0.171. The molecular formula is C11H7Br2NO4. The van der Waals surface area contributed by atoms with E-state index in [1.54, 1.807) is 12.3 Å². The van der Waals surface area contributed by atoms with Crippen molar-refractivity contribution in [2.75, 3.05) is 0 Å². The van der Waals surface area contributed by atoms with Crippen LogP contribution in [0.4, 0.5) is 0 Å². The molecule has 0 saturated carbocycles. The molecule has 2 rings (SSSR count). The summed E-state index contributed by atoms with van der Waals surface area (Å²) >= 11 is 6.43. The Hall–Kier alpha value is -1.34. The van der Waals surface area contributed by atoms with Gasteiger partial charge in [-0.15, -0.1) is 0 Å². The lowest BCUT2D eigenvalue weighted by Gasteiger charge is -2.04. The molecule has 0 fully saturated rings. The molecular weight excluding hydrogens is 370 g/mol. The maximum absolute atomic E-state index is 11.8. The minimum absolute atomic E-state index is 0.146. The van der Waals surface area contributed by atoms with Gasteiger partial charge in [-0.3, -0.25) is 4.79 Å². The zero-order valence-corrected chi connectivity index (χ0v) is 12.1. The van der Waals surface area contributed by atoms with Crippen LogP contribution in [-0.4, -0.2) is 15.6 Å². The molecule has 2 aromatic rings. The number of hydrogen-bond donors (Lipinski definition) is 1. The number of carboxylic acid groups (broad SMARTS) is 1. The number of pyridine rings is 1. The van der Waals surface area contributed by atoms with Gasteiger partial charge in [0, 0.05) is 10.7 Å². The largest absolute Gasteiger partial charge is 0.475 e. The van der Waals surface area contributed by atoms with Crippen molar-refractivity contribution in [2.24, 2.45) is 0 Å².